The van der Waals surface area contributed by atoms with Gasteiger partial charge in [-0.1, -0.05) is 24.3 Å². The lowest BCUT2D eigenvalue weighted by atomic mass is 9.80. The number of benzene rings is 1. The van der Waals surface area contributed by atoms with Crippen molar-refractivity contribution in [1.29, 1.82) is 5.26 Å². The van der Waals surface area contributed by atoms with Crippen LogP contribution >= 0.6 is 0 Å². The summed E-state index contributed by atoms with van der Waals surface area (Å²) in [6.07, 6.45) is 5.59. The summed E-state index contributed by atoms with van der Waals surface area (Å²) in [5, 5.41) is 9.61. The molecule has 0 amide bonds. The first kappa shape index (κ1) is 11.7. The van der Waals surface area contributed by atoms with Gasteiger partial charge in [-0.25, -0.2) is 0 Å². The van der Waals surface area contributed by atoms with E-state index in [1.165, 1.54) is 11.1 Å². The van der Waals surface area contributed by atoms with Crippen LogP contribution in [0.3, 0.4) is 0 Å². The molecule has 1 saturated heterocycles. The van der Waals surface area contributed by atoms with E-state index < -0.39 is 0 Å². The highest BCUT2D eigenvalue weighted by Crippen LogP contribution is 2.42. The Morgan fingerprint density at radius 2 is 1.94 bits per heavy atom. The van der Waals surface area contributed by atoms with Crippen LogP contribution in [0.2, 0.25) is 0 Å². The van der Waals surface area contributed by atoms with Crippen LogP contribution in [0.1, 0.15) is 37.3 Å². The molecule has 0 radical (unpaired) electrons. The first-order valence-corrected chi connectivity index (χ1v) is 6.84. The summed E-state index contributed by atoms with van der Waals surface area (Å²) in [5.74, 6) is 0. The maximum Gasteiger partial charge on any atom is 0.0697 e. The predicted molar refractivity (Wildman–Crippen MR) is 70.1 cm³/mol. The molecule has 1 aromatic rings. The number of nitrogens with zero attached hydrogens (tertiary/aromatic N) is 1. The molecular formula is C16H19NO. The van der Waals surface area contributed by atoms with E-state index in [0.29, 0.717) is 6.10 Å². The highest BCUT2D eigenvalue weighted by atomic mass is 16.5. The van der Waals surface area contributed by atoms with Gasteiger partial charge in [-0.15, -0.1) is 0 Å². The zero-order valence-electron chi connectivity index (χ0n) is 10.9. The van der Waals surface area contributed by atoms with Crippen molar-refractivity contribution in [3.8, 4) is 6.07 Å². The summed E-state index contributed by atoms with van der Waals surface area (Å²) in [6.45, 7) is 2.13. The average Bonchev–Trinajstić information content (AvgIpc) is 2.93. The minimum atomic E-state index is -0.224. The molecule has 94 valence electrons. The van der Waals surface area contributed by atoms with E-state index in [1.807, 2.05) is 0 Å². The van der Waals surface area contributed by atoms with E-state index in [0.717, 1.165) is 32.1 Å². The largest absolute Gasteiger partial charge is 0.375 e. The van der Waals surface area contributed by atoms with E-state index in [2.05, 4.69) is 37.3 Å². The minimum absolute atomic E-state index is 0.224. The van der Waals surface area contributed by atoms with Gasteiger partial charge in [-0.3, -0.25) is 0 Å². The summed E-state index contributed by atoms with van der Waals surface area (Å²) in [7, 11) is 0. The Labute approximate surface area is 109 Å². The van der Waals surface area contributed by atoms with Crippen LogP contribution in [0, 0.1) is 16.7 Å². The van der Waals surface area contributed by atoms with Crippen LogP contribution in [0.15, 0.2) is 24.3 Å². The van der Waals surface area contributed by atoms with Crippen LogP contribution in [-0.4, -0.2) is 12.2 Å². The molecule has 0 bridgehead atoms. The number of nitriles is 1. The molecule has 0 spiro atoms. The zero-order chi connectivity index (χ0) is 12.6. The second-order valence-corrected chi connectivity index (χ2v) is 5.86. The molecule has 2 aliphatic rings. The third-order valence-electron chi connectivity index (χ3n) is 4.35. The SMILES string of the molecule is CC1CCC(CC2(C#N)Cc3ccccc3C2)O1. The third-order valence-corrected chi connectivity index (χ3v) is 4.35. The Morgan fingerprint density at radius 1 is 1.28 bits per heavy atom. The first-order valence-electron chi connectivity index (χ1n) is 6.84. The lowest BCUT2D eigenvalue weighted by Gasteiger charge is -2.24. The van der Waals surface area contributed by atoms with Crippen molar-refractivity contribution in [2.75, 3.05) is 0 Å². The van der Waals surface area contributed by atoms with E-state index in [4.69, 9.17) is 4.74 Å². The number of fused-ring (bicyclic) bond motifs is 1. The molecule has 1 aliphatic carbocycles. The zero-order valence-corrected chi connectivity index (χ0v) is 10.9. The average molecular weight is 241 g/mol. The third kappa shape index (κ3) is 2.04. The molecule has 18 heavy (non-hydrogen) atoms. The van der Waals surface area contributed by atoms with Crippen molar-refractivity contribution >= 4 is 0 Å². The summed E-state index contributed by atoms with van der Waals surface area (Å²) in [4.78, 5) is 0. The van der Waals surface area contributed by atoms with Crippen LogP contribution < -0.4 is 0 Å². The molecule has 3 rings (SSSR count). The maximum atomic E-state index is 9.61. The van der Waals surface area contributed by atoms with Gasteiger partial charge < -0.3 is 4.74 Å². The van der Waals surface area contributed by atoms with Gasteiger partial charge in [0.05, 0.1) is 23.7 Å². The topological polar surface area (TPSA) is 33.0 Å². The molecule has 0 saturated carbocycles. The Balaban J connectivity index is 1.76. The van der Waals surface area contributed by atoms with Crippen LogP contribution in [-0.2, 0) is 17.6 Å². The Morgan fingerprint density at radius 3 is 2.44 bits per heavy atom. The lowest BCUT2D eigenvalue weighted by molar-refractivity contribution is 0.0332. The van der Waals surface area contributed by atoms with Crippen molar-refractivity contribution < 1.29 is 4.74 Å². The smallest absolute Gasteiger partial charge is 0.0697 e. The predicted octanol–water partition coefficient (Wildman–Crippen LogP) is 3.25. The van der Waals surface area contributed by atoms with Crippen molar-refractivity contribution in [2.24, 2.45) is 5.41 Å². The van der Waals surface area contributed by atoms with Gasteiger partial charge in [0.1, 0.15) is 0 Å². The number of rotatable bonds is 2. The molecule has 1 aromatic carbocycles. The molecule has 2 nitrogen and oxygen atoms in total. The van der Waals surface area contributed by atoms with Gasteiger partial charge in [0.2, 0.25) is 0 Å². The van der Waals surface area contributed by atoms with Gasteiger partial charge in [-0.05, 0) is 50.2 Å². The highest BCUT2D eigenvalue weighted by molar-refractivity contribution is 5.37. The number of hydrogen-bond donors (Lipinski definition) is 0. The highest BCUT2D eigenvalue weighted by Gasteiger charge is 2.40. The first-order chi connectivity index (χ1) is 8.71. The van der Waals surface area contributed by atoms with Crippen molar-refractivity contribution in [3.63, 3.8) is 0 Å². The summed E-state index contributed by atoms with van der Waals surface area (Å²) < 4.78 is 5.90. The molecule has 1 heterocycles. The van der Waals surface area contributed by atoms with Gasteiger partial charge >= 0.3 is 0 Å². The summed E-state index contributed by atoms with van der Waals surface area (Å²) in [5.41, 5.74) is 2.48. The molecule has 2 atom stereocenters. The molecule has 0 aromatic heterocycles. The molecular weight excluding hydrogens is 222 g/mol. The Hall–Kier alpha value is -1.33. The van der Waals surface area contributed by atoms with Gasteiger partial charge in [0.15, 0.2) is 0 Å². The van der Waals surface area contributed by atoms with Gasteiger partial charge in [-0.2, -0.15) is 5.26 Å². The lowest BCUT2D eigenvalue weighted by Crippen LogP contribution is -2.26. The normalized spacial score (nSPS) is 28.9. The molecule has 0 N–H and O–H groups in total. The number of ether oxygens (including phenoxy) is 1. The van der Waals surface area contributed by atoms with Crippen LogP contribution in [0.25, 0.3) is 0 Å². The van der Waals surface area contributed by atoms with Crippen molar-refractivity contribution in [1.82, 2.24) is 0 Å². The van der Waals surface area contributed by atoms with Gasteiger partial charge in [0.25, 0.3) is 0 Å². The van der Waals surface area contributed by atoms with E-state index in [9.17, 15) is 5.26 Å². The second-order valence-electron chi connectivity index (χ2n) is 5.86. The minimum Gasteiger partial charge on any atom is -0.375 e. The maximum absolute atomic E-state index is 9.61. The van der Waals surface area contributed by atoms with Crippen LogP contribution in [0.5, 0.6) is 0 Å². The Kier molecular flexibility index (Phi) is 2.87. The number of hydrogen-bond acceptors (Lipinski definition) is 2. The Bertz CT molecular complexity index is 463. The summed E-state index contributed by atoms with van der Waals surface area (Å²) >= 11 is 0. The van der Waals surface area contributed by atoms with E-state index >= 15 is 0 Å². The fourth-order valence-corrected chi connectivity index (χ4v) is 3.43. The molecule has 2 heteroatoms. The second kappa shape index (κ2) is 4.40. The molecule has 2 unspecified atom stereocenters. The molecule has 1 fully saturated rings. The van der Waals surface area contributed by atoms with Crippen molar-refractivity contribution in [3.05, 3.63) is 35.4 Å². The summed E-state index contributed by atoms with van der Waals surface area (Å²) in [6, 6.07) is 11.0. The van der Waals surface area contributed by atoms with Crippen molar-refractivity contribution in [2.45, 2.75) is 51.2 Å². The molecule has 1 aliphatic heterocycles. The standard InChI is InChI=1S/C16H19NO/c1-12-6-7-15(18-12)10-16(11-17)8-13-4-2-3-5-14(13)9-16/h2-5,12,15H,6-10H2,1H3. The quantitative estimate of drug-likeness (QED) is 0.796. The van der Waals surface area contributed by atoms with E-state index in [-0.39, 0.29) is 11.5 Å². The fraction of sp³-hybridized carbons (Fsp3) is 0.562. The fourth-order valence-electron chi connectivity index (χ4n) is 3.43. The monoisotopic (exact) mass is 241 g/mol. The van der Waals surface area contributed by atoms with Gasteiger partial charge in [0, 0.05) is 0 Å². The van der Waals surface area contributed by atoms with E-state index in [1.54, 1.807) is 0 Å². The van der Waals surface area contributed by atoms with Crippen LogP contribution in [0.4, 0.5) is 0 Å².